The summed E-state index contributed by atoms with van der Waals surface area (Å²) < 4.78 is 12.4. The third kappa shape index (κ3) is 4.41. The Morgan fingerprint density at radius 2 is 2.07 bits per heavy atom. The maximum Gasteiger partial charge on any atom is 0.224 e. The molecular formula is C17H20Cl2N6O2. The number of nitrogen functional groups attached to an aromatic ring is 1. The van der Waals surface area contributed by atoms with Crippen molar-refractivity contribution in [2.45, 2.75) is 18.9 Å². The molecule has 0 fully saturated rings. The Hall–Kier alpha value is -2.13. The fourth-order valence-electron chi connectivity index (χ4n) is 2.69. The molecule has 0 saturated carbocycles. The van der Waals surface area contributed by atoms with Crippen molar-refractivity contribution >= 4 is 34.8 Å². The lowest BCUT2D eigenvalue weighted by molar-refractivity contribution is 0.167. The van der Waals surface area contributed by atoms with Gasteiger partial charge in [-0.15, -0.1) is 0 Å². The van der Waals surface area contributed by atoms with Crippen LogP contribution in [0.4, 0.5) is 5.95 Å². The normalized spacial score (nSPS) is 12.4. The lowest BCUT2D eigenvalue weighted by Crippen LogP contribution is -2.27. The third-order valence-electron chi connectivity index (χ3n) is 4.05. The van der Waals surface area contributed by atoms with Gasteiger partial charge in [-0.25, -0.2) is 9.97 Å². The molecule has 8 nitrogen and oxygen atoms in total. The summed E-state index contributed by atoms with van der Waals surface area (Å²) in [5.41, 5.74) is 13.9. The van der Waals surface area contributed by atoms with Gasteiger partial charge in [-0.1, -0.05) is 23.2 Å². The van der Waals surface area contributed by atoms with E-state index in [9.17, 15) is 0 Å². The van der Waals surface area contributed by atoms with Gasteiger partial charge in [0.1, 0.15) is 12.1 Å². The van der Waals surface area contributed by atoms with E-state index >= 15 is 0 Å². The van der Waals surface area contributed by atoms with Crippen molar-refractivity contribution < 1.29 is 9.47 Å². The lowest BCUT2D eigenvalue weighted by Gasteiger charge is -2.15. The number of nitrogens with two attached hydrogens (primary N) is 2. The number of fused-ring (bicyclic) bond motifs is 1. The van der Waals surface area contributed by atoms with Crippen LogP contribution in [0.15, 0.2) is 24.7 Å². The number of ether oxygens (including phenoxy) is 2. The molecule has 0 aliphatic carbocycles. The number of methoxy groups -OCH3 is 1. The van der Waals surface area contributed by atoms with Gasteiger partial charge in [0.15, 0.2) is 5.65 Å². The smallest absolute Gasteiger partial charge is 0.224 e. The van der Waals surface area contributed by atoms with E-state index in [-0.39, 0.29) is 12.0 Å². The van der Waals surface area contributed by atoms with E-state index in [2.05, 4.69) is 15.1 Å². The predicted molar refractivity (Wildman–Crippen MR) is 104 cm³/mol. The summed E-state index contributed by atoms with van der Waals surface area (Å²) in [5, 5.41) is 5.09. The van der Waals surface area contributed by atoms with Crippen LogP contribution in [0.3, 0.4) is 0 Å². The molecule has 3 aromatic rings. The Morgan fingerprint density at radius 3 is 2.85 bits per heavy atom. The summed E-state index contributed by atoms with van der Waals surface area (Å²) in [6.07, 6.45) is 4.15. The molecule has 4 N–H and O–H groups in total. The molecule has 0 amide bonds. The molecule has 144 valence electrons. The van der Waals surface area contributed by atoms with E-state index in [0.717, 1.165) is 11.1 Å². The highest BCUT2D eigenvalue weighted by atomic mass is 35.5. The van der Waals surface area contributed by atoms with E-state index < -0.39 is 0 Å². The van der Waals surface area contributed by atoms with Crippen molar-refractivity contribution in [3.8, 4) is 5.75 Å². The molecule has 0 saturated heterocycles. The van der Waals surface area contributed by atoms with Crippen molar-refractivity contribution in [2.24, 2.45) is 5.73 Å². The van der Waals surface area contributed by atoms with Crippen molar-refractivity contribution in [3.05, 3.63) is 45.8 Å². The number of anilines is 1. The van der Waals surface area contributed by atoms with E-state index in [4.69, 9.17) is 44.1 Å². The van der Waals surface area contributed by atoms with Gasteiger partial charge < -0.3 is 20.9 Å². The highest BCUT2D eigenvalue weighted by molar-refractivity contribution is 6.42. The second-order valence-corrected chi connectivity index (χ2v) is 6.79. The molecule has 3 rings (SSSR count). The SMILES string of the molecule is COC[C@@H](N)CCOc1ccc(Cl)c(Cl)c1Cc1cnn2c(N)ncnc12. The van der Waals surface area contributed by atoms with E-state index in [1.54, 1.807) is 25.4 Å². The average Bonchev–Trinajstić information content (AvgIpc) is 3.05. The van der Waals surface area contributed by atoms with Gasteiger partial charge in [0.25, 0.3) is 0 Å². The average molecular weight is 411 g/mol. The van der Waals surface area contributed by atoms with Gasteiger partial charge in [0, 0.05) is 30.7 Å². The van der Waals surface area contributed by atoms with Gasteiger partial charge in [-0.3, -0.25) is 0 Å². The Bertz CT molecular complexity index is 933. The minimum Gasteiger partial charge on any atom is -0.493 e. The highest BCUT2D eigenvalue weighted by Crippen LogP contribution is 2.35. The zero-order valence-corrected chi connectivity index (χ0v) is 16.2. The number of aromatic nitrogens is 4. The van der Waals surface area contributed by atoms with Crippen LogP contribution in [0.1, 0.15) is 17.5 Å². The first-order valence-electron chi connectivity index (χ1n) is 8.28. The van der Waals surface area contributed by atoms with Gasteiger partial charge in [-0.05, 0) is 18.6 Å². The van der Waals surface area contributed by atoms with Crippen molar-refractivity contribution in [3.63, 3.8) is 0 Å². The lowest BCUT2D eigenvalue weighted by atomic mass is 10.1. The Morgan fingerprint density at radius 1 is 1.26 bits per heavy atom. The molecule has 2 aromatic heterocycles. The van der Waals surface area contributed by atoms with Gasteiger partial charge in [0.2, 0.25) is 5.95 Å². The molecule has 2 heterocycles. The fraction of sp³-hybridized carbons (Fsp3) is 0.353. The summed E-state index contributed by atoms with van der Waals surface area (Å²) in [6.45, 7) is 0.903. The molecule has 0 radical (unpaired) electrons. The number of halogens is 2. The molecule has 10 heteroatoms. The number of hydrogen-bond acceptors (Lipinski definition) is 7. The Balaban J connectivity index is 1.85. The highest BCUT2D eigenvalue weighted by Gasteiger charge is 2.17. The second kappa shape index (κ2) is 8.71. The molecule has 1 aromatic carbocycles. The number of benzene rings is 1. The minimum atomic E-state index is -0.0967. The Kier molecular flexibility index (Phi) is 6.33. The zero-order valence-electron chi connectivity index (χ0n) is 14.7. The summed E-state index contributed by atoms with van der Waals surface area (Å²) in [7, 11) is 1.62. The van der Waals surface area contributed by atoms with Crippen LogP contribution in [0, 0.1) is 0 Å². The molecular weight excluding hydrogens is 391 g/mol. The second-order valence-electron chi connectivity index (χ2n) is 6.00. The van der Waals surface area contributed by atoms with Crippen LogP contribution in [0.25, 0.3) is 5.65 Å². The summed E-state index contributed by atoms with van der Waals surface area (Å²) in [6, 6.07) is 3.40. The van der Waals surface area contributed by atoms with E-state index in [0.29, 0.717) is 47.5 Å². The maximum atomic E-state index is 6.45. The number of nitrogens with zero attached hydrogens (tertiary/aromatic N) is 4. The summed E-state index contributed by atoms with van der Waals surface area (Å²) in [4.78, 5) is 8.17. The zero-order chi connectivity index (χ0) is 19.4. The van der Waals surface area contributed by atoms with Gasteiger partial charge in [-0.2, -0.15) is 9.61 Å². The summed E-state index contributed by atoms with van der Waals surface area (Å²) >= 11 is 12.7. The predicted octanol–water partition coefficient (Wildman–Crippen LogP) is 2.35. The van der Waals surface area contributed by atoms with Crippen molar-refractivity contribution in [2.75, 3.05) is 26.1 Å². The van der Waals surface area contributed by atoms with Gasteiger partial charge in [0.05, 0.1) is 29.5 Å². The molecule has 0 bridgehead atoms. The van der Waals surface area contributed by atoms with E-state index in [1.807, 2.05) is 0 Å². The molecule has 0 unspecified atom stereocenters. The maximum absolute atomic E-state index is 6.45. The van der Waals surface area contributed by atoms with Gasteiger partial charge >= 0.3 is 0 Å². The topological polar surface area (TPSA) is 114 Å². The fourth-order valence-corrected chi connectivity index (χ4v) is 3.09. The number of hydrogen-bond donors (Lipinski definition) is 2. The first kappa shape index (κ1) is 19.6. The van der Waals surface area contributed by atoms with Crippen LogP contribution in [-0.4, -0.2) is 45.9 Å². The first-order valence-corrected chi connectivity index (χ1v) is 9.04. The molecule has 1 atom stereocenters. The largest absolute Gasteiger partial charge is 0.493 e. The third-order valence-corrected chi connectivity index (χ3v) is 4.89. The molecule has 0 aliphatic heterocycles. The van der Waals surface area contributed by atoms with Crippen LogP contribution < -0.4 is 16.2 Å². The molecule has 0 aliphatic rings. The standard InChI is InChI=1S/C17H20Cl2N6O2/c1-26-8-11(20)4-5-27-14-3-2-13(18)15(19)12(14)6-10-7-24-25-16(10)22-9-23-17(25)21/h2-3,7,9,11H,4-6,8,20H2,1H3,(H2,21,22,23)/t11-/m0/s1. The van der Waals surface area contributed by atoms with Crippen LogP contribution in [-0.2, 0) is 11.2 Å². The number of rotatable bonds is 8. The van der Waals surface area contributed by atoms with E-state index in [1.165, 1.54) is 10.8 Å². The molecule has 0 spiro atoms. The van der Waals surface area contributed by atoms with Crippen LogP contribution >= 0.6 is 23.2 Å². The quantitative estimate of drug-likeness (QED) is 0.585. The monoisotopic (exact) mass is 410 g/mol. The molecule has 27 heavy (non-hydrogen) atoms. The minimum absolute atomic E-state index is 0.0967. The van der Waals surface area contributed by atoms with Crippen molar-refractivity contribution in [1.29, 1.82) is 0 Å². The Labute approximate surface area is 166 Å². The van der Waals surface area contributed by atoms with Crippen LogP contribution in [0.5, 0.6) is 5.75 Å². The van der Waals surface area contributed by atoms with Crippen molar-refractivity contribution in [1.82, 2.24) is 19.6 Å². The summed E-state index contributed by atoms with van der Waals surface area (Å²) in [5.74, 6) is 0.891. The van der Waals surface area contributed by atoms with Crippen LogP contribution in [0.2, 0.25) is 10.0 Å². The first-order chi connectivity index (χ1) is 13.0.